The van der Waals surface area contributed by atoms with Gasteiger partial charge in [-0.15, -0.1) is 0 Å². The van der Waals surface area contributed by atoms with E-state index >= 15 is 0 Å². The summed E-state index contributed by atoms with van der Waals surface area (Å²) in [6, 6.07) is 5.51. The highest BCUT2D eigenvalue weighted by atomic mass is 32.2. The molecule has 0 aromatic heterocycles. The first-order chi connectivity index (χ1) is 14.7. The third kappa shape index (κ3) is 10.4. The van der Waals surface area contributed by atoms with Gasteiger partial charge in [-0.1, -0.05) is 0 Å². The quantitative estimate of drug-likeness (QED) is 0.414. The van der Waals surface area contributed by atoms with E-state index in [0.29, 0.717) is 5.69 Å². The normalized spacial score (nSPS) is 11.4. The number of carbonyl (C=O) groups is 4. The summed E-state index contributed by atoms with van der Waals surface area (Å²) in [7, 11) is -2.46. The molecule has 1 rings (SSSR count). The molecule has 0 saturated heterocycles. The molecule has 3 amide bonds. The van der Waals surface area contributed by atoms with Crippen LogP contribution in [0.1, 0.15) is 34.1 Å². The summed E-state index contributed by atoms with van der Waals surface area (Å²) in [6.45, 7) is 5.79. The van der Waals surface area contributed by atoms with Crippen molar-refractivity contribution in [2.45, 2.75) is 44.6 Å². The van der Waals surface area contributed by atoms with Gasteiger partial charge >= 0.3 is 5.97 Å². The minimum Gasteiger partial charge on any atom is -0.456 e. The average molecular weight is 471 g/mol. The highest BCUT2D eigenvalue weighted by Crippen LogP contribution is 2.14. The number of benzene rings is 1. The second-order valence-electron chi connectivity index (χ2n) is 8.06. The van der Waals surface area contributed by atoms with Crippen molar-refractivity contribution in [2.75, 3.05) is 32.1 Å². The lowest BCUT2D eigenvalue weighted by molar-refractivity contribution is -0.151. The number of likely N-dealkylation sites (N-methyl/N-ethyl adjacent to an activating group) is 1. The maximum Gasteiger partial charge on any atom is 0.307 e. The molecular weight excluding hydrogens is 440 g/mol. The number of anilines is 1. The predicted octanol–water partition coefficient (Wildman–Crippen LogP) is 0.230. The number of amides is 3. The third-order valence-electron chi connectivity index (χ3n) is 3.78. The fraction of sp³-hybridized carbons (Fsp3) is 0.500. The molecule has 1 aromatic rings. The summed E-state index contributed by atoms with van der Waals surface area (Å²) in [5, 5.41) is 5.24. The Kier molecular flexibility index (Phi) is 9.79. The lowest BCUT2D eigenvalue weighted by Gasteiger charge is -2.23. The lowest BCUT2D eigenvalue weighted by Crippen LogP contribution is -2.46. The molecule has 12 heteroatoms. The molecule has 0 aliphatic rings. The van der Waals surface area contributed by atoms with Crippen LogP contribution in [-0.2, 0) is 33.9 Å². The number of hydrogen-bond donors (Lipinski definition) is 3. The van der Waals surface area contributed by atoms with Crippen LogP contribution in [-0.4, -0.2) is 69.3 Å². The van der Waals surface area contributed by atoms with Crippen molar-refractivity contribution in [3.63, 3.8) is 0 Å². The van der Waals surface area contributed by atoms with E-state index in [-0.39, 0.29) is 36.2 Å². The topological polar surface area (TPSA) is 151 Å². The molecule has 0 spiro atoms. The number of hydrogen-bond acceptors (Lipinski definition) is 7. The molecule has 0 aliphatic heterocycles. The van der Waals surface area contributed by atoms with Crippen LogP contribution in [0.5, 0.6) is 0 Å². The number of carbonyl (C=O) groups excluding carboxylic acids is 4. The van der Waals surface area contributed by atoms with Crippen molar-refractivity contribution in [3.05, 3.63) is 24.3 Å². The van der Waals surface area contributed by atoms with Gasteiger partial charge in [0, 0.05) is 31.7 Å². The maximum absolute atomic E-state index is 12.3. The van der Waals surface area contributed by atoms with Gasteiger partial charge in [0.15, 0.2) is 6.61 Å². The highest BCUT2D eigenvalue weighted by molar-refractivity contribution is 7.89. The Bertz CT molecular complexity index is 938. The van der Waals surface area contributed by atoms with Gasteiger partial charge in [-0.2, -0.15) is 0 Å². The molecule has 178 valence electrons. The summed E-state index contributed by atoms with van der Waals surface area (Å²) in [4.78, 5) is 47.7. The summed E-state index contributed by atoms with van der Waals surface area (Å²) in [6.07, 6.45) is -0.287. The van der Waals surface area contributed by atoms with Gasteiger partial charge in [-0.05, 0) is 45.0 Å². The van der Waals surface area contributed by atoms with Gasteiger partial charge in [-0.3, -0.25) is 19.2 Å². The fourth-order valence-corrected chi connectivity index (χ4v) is 3.41. The van der Waals surface area contributed by atoms with Gasteiger partial charge in [-0.25, -0.2) is 13.1 Å². The molecule has 0 aliphatic carbocycles. The monoisotopic (exact) mass is 470 g/mol. The largest absolute Gasteiger partial charge is 0.456 e. The molecule has 3 N–H and O–H groups in total. The zero-order valence-electron chi connectivity index (χ0n) is 18.9. The molecule has 0 heterocycles. The zero-order valence-corrected chi connectivity index (χ0v) is 19.7. The second kappa shape index (κ2) is 11.6. The van der Waals surface area contributed by atoms with Crippen LogP contribution in [0.15, 0.2) is 29.2 Å². The molecule has 0 radical (unpaired) electrons. The Labute approximate surface area is 187 Å². The van der Waals surface area contributed by atoms with Crippen molar-refractivity contribution >= 4 is 39.4 Å². The van der Waals surface area contributed by atoms with Crippen LogP contribution in [0, 0.1) is 0 Å². The Morgan fingerprint density at radius 3 is 2.19 bits per heavy atom. The Morgan fingerprint density at radius 1 is 1.06 bits per heavy atom. The average Bonchev–Trinajstić information content (AvgIpc) is 2.64. The van der Waals surface area contributed by atoms with E-state index < -0.39 is 34.0 Å². The van der Waals surface area contributed by atoms with Gasteiger partial charge < -0.3 is 20.3 Å². The number of ether oxygens (including phenoxy) is 1. The first-order valence-corrected chi connectivity index (χ1v) is 11.3. The second-order valence-corrected chi connectivity index (χ2v) is 9.83. The first kappa shape index (κ1) is 27.0. The van der Waals surface area contributed by atoms with Gasteiger partial charge in [0.1, 0.15) is 0 Å². The molecule has 32 heavy (non-hydrogen) atoms. The van der Waals surface area contributed by atoms with Crippen LogP contribution < -0.4 is 15.4 Å². The van der Waals surface area contributed by atoms with Gasteiger partial charge in [0.05, 0.1) is 17.9 Å². The third-order valence-corrected chi connectivity index (χ3v) is 5.26. The van der Waals surface area contributed by atoms with E-state index in [0.717, 1.165) is 4.90 Å². The SMILES string of the molecule is CC(=O)Nc1ccc(S(=O)(=O)NCCC(=O)OCC(=O)N(C)CC(=O)NC(C)(C)C)cc1. The van der Waals surface area contributed by atoms with E-state index in [9.17, 15) is 27.6 Å². The summed E-state index contributed by atoms with van der Waals surface area (Å²) >= 11 is 0. The molecule has 0 unspecified atom stereocenters. The van der Waals surface area contributed by atoms with E-state index in [1.165, 1.54) is 38.2 Å². The Hall–Kier alpha value is -2.99. The highest BCUT2D eigenvalue weighted by Gasteiger charge is 2.19. The number of rotatable bonds is 10. The van der Waals surface area contributed by atoms with Crippen LogP contribution in [0.3, 0.4) is 0 Å². The van der Waals surface area contributed by atoms with Gasteiger partial charge in [0.25, 0.3) is 5.91 Å². The van der Waals surface area contributed by atoms with E-state index in [1.807, 2.05) is 20.8 Å². The van der Waals surface area contributed by atoms with Crippen molar-refractivity contribution in [1.82, 2.24) is 14.9 Å². The van der Waals surface area contributed by atoms with E-state index in [2.05, 4.69) is 15.4 Å². The molecule has 11 nitrogen and oxygen atoms in total. The van der Waals surface area contributed by atoms with Crippen LogP contribution in [0.4, 0.5) is 5.69 Å². The number of sulfonamides is 1. The summed E-state index contributed by atoms with van der Waals surface area (Å²) < 4.78 is 31.6. The number of nitrogens with one attached hydrogen (secondary N) is 3. The van der Waals surface area contributed by atoms with E-state index in [1.54, 1.807) is 0 Å². The standard InChI is InChI=1S/C20H30N4O7S/c1-14(25)22-15-6-8-16(9-7-15)32(29,30)21-11-10-19(28)31-13-18(27)24(5)12-17(26)23-20(2,3)4/h6-9,21H,10-13H2,1-5H3,(H,22,25)(H,23,26). The first-order valence-electron chi connectivity index (χ1n) is 9.77. The van der Waals surface area contributed by atoms with Crippen molar-refractivity contribution in [1.29, 1.82) is 0 Å². The summed E-state index contributed by atoms with van der Waals surface area (Å²) in [5.41, 5.74) is 0.0133. The van der Waals surface area contributed by atoms with Crippen LogP contribution in [0.2, 0.25) is 0 Å². The molecule has 0 bridgehead atoms. The van der Waals surface area contributed by atoms with Gasteiger partial charge in [0.2, 0.25) is 21.8 Å². The predicted molar refractivity (Wildman–Crippen MR) is 117 cm³/mol. The maximum atomic E-state index is 12.3. The van der Waals surface area contributed by atoms with Crippen molar-refractivity contribution < 1.29 is 32.3 Å². The Morgan fingerprint density at radius 2 is 1.66 bits per heavy atom. The smallest absolute Gasteiger partial charge is 0.307 e. The number of esters is 1. The molecular formula is C20H30N4O7S. The van der Waals surface area contributed by atoms with Crippen molar-refractivity contribution in [3.8, 4) is 0 Å². The number of nitrogens with zero attached hydrogens (tertiary/aromatic N) is 1. The Balaban J connectivity index is 2.42. The minimum atomic E-state index is -3.86. The van der Waals surface area contributed by atoms with Crippen LogP contribution >= 0.6 is 0 Å². The zero-order chi connectivity index (χ0) is 24.5. The molecule has 1 aromatic carbocycles. The van der Waals surface area contributed by atoms with Crippen molar-refractivity contribution in [2.24, 2.45) is 0 Å². The molecule has 0 saturated carbocycles. The van der Waals surface area contributed by atoms with Crippen LogP contribution in [0.25, 0.3) is 0 Å². The minimum absolute atomic E-state index is 0.0368. The molecule has 0 fully saturated rings. The lowest BCUT2D eigenvalue weighted by atomic mass is 10.1. The molecule has 0 atom stereocenters. The summed E-state index contributed by atoms with van der Waals surface area (Å²) in [5.74, 6) is -1.97. The fourth-order valence-electron chi connectivity index (χ4n) is 2.38. The van der Waals surface area contributed by atoms with E-state index in [4.69, 9.17) is 4.74 Å².